The first-order valence-corrected chi connectivity index (χ1v) is 9.22. The minimum atomic E-state index is -3.59. The lowest BCUT2D eigenvalue weighted by Crippen LogP contribution is -2.39. The van der Waals surface area contributed by atoms with Gasteiger partial charge in [0.05, 0.1) is 5.75 Å². The van der Waals surface area contributed by atoms with Crippen LogP contribution in [0, 0.1) is 5.82 Å². The van der Waals surface area contributed by atoms with Gasteiger partial charge in [-0.3, -0.25) is 0 Å². The molecule has 1 heterocycles. The normalized spacial score (nSPS) is 17.7. The summed E-state index contributed by atoms with van der Waals surface area (Å²) >= 11 is 0. The third kappa shape index (κ3) is 3.96. The smallest absolute Gasteiger partial charge is 0.215 e. The second-order valence-electron chi connectivity index (χ2n) is 5.65. The van der Waals surface area contributed by atoms with E-state index in [1.807, 2.05) is 18.2 Å². The van der Waals surface area contributed by atoms with E-state index in [9.17, 15) is 12.8 Å². The number of benzene rings is 2. The van der Waals surface area contributed by atoms with E-state index in [-0.39, 0.29) is 23.9 Å². The van der Waals surface area contributed by atoms with E-state index in [2.05, 4.69) is 16.1 Å². The average molecular weight is 334 g/mol. The van der Waals surface area contributed by atoms with E-state index in [1.165, 1.54) is 17.7 Å². The fourth-order valence-electron chi connectivity index (χ4n) is 2.86. The Balaban J connectivity index is 1.68. The van der Waals surface area contributed by atoms with E-state index >= 15 is 0 Å². The Bertz CT molecular complexity index is 793. The molecule has 2 aromatic carbocycles. The minimum absolute atomic E-state index is 0.0599. The summed E-state index contributed by atoms with van der Waals surface area (Å²) in [5.41, 5.74) is 2.54. The summed E-state index contributed by atoms with van der Waals surface area (Å²) < 4.78 is 40.6. The van der Waals surface area contributed by atoms with E-state index in [0.29, 0.717) is 0 Å². The average Bonchev–Trinajstić information content (AvgIpc) is 2.55. The van der Waals surface area contributed by atoms with Crippen LogP contribution >= 0.6 is 0 Å². The molecule has 0 saturated heterocycles. The number of hydrogen-bond donors (Lipinski definition) is 2. The molecule has 23 heavy (non-hydrogen) atoms. The number of hydrogen-bond acceptors (Lipinski definition) is 3. The third-order valence-electron chi connectivity index (χ3n) is 4.03. The molecule has 1 aliphatic heterocycles. The summed E-state index contributed by atoms with van der Waals surface area (Å²) in [4.78, 5) is 0. The van der Waals surface area contributed by atoms with Crippen molar-refractivity contribution in [1.29, 1.82) is 0 Å². The number of fused-ring (bicyclic) bond motifs is 1. The van der Waals surface area contributed by atoms with E-state index in [4.69, 9.17) is 0 Å². The SMILES string of the molecule is O=S(=O)(Cc1ccccc1F)NCC1NCCc2ccccc21. The number of rotatable bonds is 5. The minimum Gasteiger partial charge on any atom is -0.308 e. The van der Waals surface area contributed by atoms with Crippen molar-refractivity contribution in [3.05, 3.63) is 71.0 Å². The lowest BCUT2D eigenvalue weighted by atomic mass is 9.95. The van der Waals surface area contributed by atoms with Gasteiger partial charge < -0.3 is 5.32 Å². The molecule has 4 nitrogen and oxygen atoms in total. The van der Waals surface area contributed by atoms with Crippen LogP contribution in [-0.2, 0) is 22.2 Å². The molecule has 1 unspecified atom stereocenters. The van der Waals surface area contributed by atoms with Gasteiger partial charge in [0, 0.05) is 18.2 Å². The fraction of sp³-hybridized carbons (Fsp3) is 0.294. The maximum atomic E-state index is 13.6. The lowest BCUT2D eigenvalue weighted by Gasteiger charge is -2.27. The molecule has 1 aliphatic rings. The molecule has 0 spiro atoms. The van der Waals surface area contributed by atoms with Crippen molar-refractivity contribution in [1.82, 2.24) is 10.0 Å². The van der Waals surface area contributed by atoms with Crippen molar-refractivity contribution in [2.24, 2.45) is 0 Å². The van der Waals surface area contributed by atoms with E-state index in [1.54, 1.807) is 12.1 Å². The molecule has 6 heteroatoms. The molecular formula is C17H19FN2O2S. The van der Waals surface area contributed by atoms with Crippen LogP contribution < -0.4 is 10.0 Å². The Kier molecular flexibility index (Phi) is 4.75. The predicted octanol–water partition coefficient (Wildman–Crippen LogP) is 2.13. The van der Waals surface area contributed by atoms with Gasteiger partial charge in [0.2, 0.25) is 10.0 Å². The molecule has 0 aliphatic carbocycles. The van der Waals surface area contributed by atoms with Crippen LogP contribution in [-0.4, -0.2) is 21.5 Å². The fourth-order valence-corrected chi connectivity index (χ4v) is 4.02. The highest BCUT2D eigenvalue weighted by molar-refractivity contribution is 7.88. The zero-order valence-electron chi connectivity index (χ0n) is 12.6. The quantitative estimate of drug-likeness (QED) is 0.881. The highest BCUT2D eigenvalue weighted by Crippen LogP contribution is 2.22. The van der Waals surface area contributed by atoms with Crippen molar-refractivity contribution in [3.63, 3.8) is 0 Å². The lowest BCUT2D eigenvalue weighted by molar-refractivity contribution is 0.491. The van der Waals surface area contributed by atoms with Gasteiger partial charge in [-0.2, -0.15) is 0 Å². The summed E-state index contributed by atoms with van der Waals surface area (Å²) in [6.45, 7) is 1.07. The van der Waals surface area contributed by atoms with Crippen molar-refractivity contribution in [3.8, 4) is 0 Å². The van der Waals surface area contributed by atoms with Gasteiger partial charge in [0.15, 0.2) is 0 Å². The first kappa shape index (κ1) is 16.1. The maximum absolute atomic E-state index is 13.6. The first-order chi connectivity index (χ1) is 11.1. The van der Waals surface area contributed by atoms with Crippen LogP contribution in [0.2, 0.25) is 0 Å². The van der Waals surface area contributed by atoms with Crippen molar-refractivity contribution in [2.45, 2.75) is 18.2 Å². The second kappa shape index (κ2) is 6.78. The molecule has 122 valence electrons. The van der Waals surface area contributed by atoms with Gasteiger partial charge in [-0.15, -0.1) is 0 Å². The molecule has 0 amide bonds. The second-order valence-corrected chi connectivity index (χ2v) is 7.46. The standard InChI is InChI=1S/C17H19FN2O2S/c18-16-8-4-2-6-14(16)12-23(21,22)20-11-17-15-7-3-1-5-13(15)9-10-19-17/h1-8,17,19-20H,9-12H2. The van der Waals surface area contributed by atoms with Crippen LogP contribution in [0.1, 0.15) is 22.7 Å². The Labute approximate surface area is 135 Å². The van der Waals surface area contributed by atoms with Crippen molar-refractivity contribution in [2.75, 3.05) is 13.1 Å². The van der Waals surface area contributed by atoms with Gasteiger partial charge in [-0.25, -0.2) is 17.5 Å². The molecule has 0 radical (unpaired) electrons. The molecule has 0 fully saturated rings. The molecule has 2 N–H and O–H groups in total. The van der Waals surface area contributed by atoms with Crippen molar-refractivity contribution >= 4 is 10.0 Å². The highest BCUT2D eigenvalue weighted by atomic mass is 32.2. The predicted molar refractivity (Wildman–Crippen MR) is 87.9 cm³/mol. The molecule has 0 aromatic heterocycles. The summed E-state index contributed by atoms with van der Waals surface area (Å²) in [6.07, 6.45) is 0.939. The third-order valence-corrected chi connectivity index (χ3v) is 5.32. The van der Waals surface area contributed by atoms with Crippen LogP contribution in [0.15, 0.2) is 48.5 Å². The first-order valence-electron chi connectivity index (χ1n) is 7.57. The Hall–Kier alpha value is -1.76. The van der Waals surface area contributed by atoms with E-state index < -0.39 is 15.8 Å². The molecular weight excluding hydrogens is 315 g/mol. The molecule has 0 saturated carbocycles. The molecule has 2 aromatic rings. The molecule has 0 bridgehead atoms. The number of sulfonamides is 1. The zero-order valence-corrected chi connectivity index (χ0v) is 13.4. The Morgan fingerprint density at radius 2 is 1.87 bits per heavy atom. The van der Waals surface area contributed by atoms with Crippen LogP contribution in [0.5, 0.6) is 0 Å². The summed E-state index contributed by atoms with van der Waals surface area (Å²) in [6, 6.07) is 13.9. The topological polar surface area (TPSA) is 58.2 Å². The van der Waals surface area contributed by atoms with Gasteiger partial charge in [0.25, 0.3) is 0 Å². The molecule has 1 atom stereocenters. The largest absolute Gasteiger partial charge is 0.308 e. The van der Waals surface area contributed by atoms with E-state index in [0.717, 1.165) is 18.5 Å². The number of nitrogens with one attached hydrogen (secondary N) is 2. The summed E-state index contributed by atoms with van der Waals surface area (Å²) in [7, 11) is -3.59. The summed E-state index contributed by atoms with van der Waals surface area (Å²) in [5.74, 6) is -0.854. The monoisotopic (exact) mass is 334 g/mol. The Morgan fingerprint density at radius 1 is 1.13 bits per heavy atom. The van der Waals surface area contributed by atoms with Crippen LogP contribution in [0.25, 0.3) is 0 Å². The van der Waals surface area contributed by atoms with Crippen LogP contribution in [0.4, 0.5) is 4.39 Å². The zero-order chi connectivity index (χ0) is 16.3. The van der Waals surface area contributed by atoms with Gasteiger partial charge in [-0.1, -0.05) is 42.5 Å². The highest BCUT2D eigenvalue weighted by Gasteiger charge is 2.22. The molecule has 3 rings (SSSR count). The Morgan fingerprint density at radius 3 is 2.70 bits per heavy atom. The van der Waals surface area contributed by atoms with Crippen LogP contribution in [0.3, 0.4) is 0 Å². The number of halogens is 1. The van der Waals surface area contributed by atoms with Crippen molar-refractivity contribution < 1.29 is 12.8 Å². The van der Waals surface area contributed by atoms with Gasteiger partial charge in [-0.05, 0) is 30.2 Å². The van der Waals surface area contributed by atoms with Gasteiger partial charge in [0.1, 0.15) is 5.82 Å². The van der Waals surface area contributed by atoms with Gasteiger partial charge >= 0.3 is 0 Å². The summed E-state index contributed by atoms with van der Waals surface area (Å²) in [5, 5.41) is 3.32. The maximum Gasteiger partial charge on any atom is 0.215 e.